The fourth-order valence-corrected chi connectivity index (χ4v) is 3.35. The summed E-state index contributed by atoms with van der Waals surface area (Å²) in [6, 6.07) is 7.86. The van der Waals surface area contributed by atoms with Gasteiger partial charge in [0.05, 0.1) is 0 Å². The highest BCUT2D eigenvalue weighted by Gasteiger charge is 2.24. The molecule has 2 nitrogen and oxygen atoms in total. The Morgan fingerprint density at radius 3 is 2.45 bits per heavy atom. The number of rotatable bonds is 6. The molecular formula is C18H27NO. The van der Waals surface area contributed by atoms with Gasteiger partial charge in [0, 0.05) is 18.0 Å². The number of benzene rings is 1. The van der Waals surface area contributed by atoms with Crippen LogP contribution in [0.15, 0.2) is 24.3 Å². The highest BCUT2D eigenvalue weighted by molar-refractivity contribution is 5.86. The molecular weight excluding hydrogens is 246 g/mol. The molecule has 1 aromatic carbocycles. The number of carbonyl (C=O) groups excluding carboxylic acids is 1. The number of hydrogen-bond acceptors (Lipinski definition) is 2. The van der Waals surface area contributed by atoms with Crippen LogP contribution in [0, 0.1) is 5.92 Å². The predicted molar refractivity (Wildman–Crippen MR) is 84.7 cm³/mol. The van der Waals surface area contributed by atoms with Crippen LogP contribution < -0.4 is 5.73 Å². The van der Waals surface area contributed by atoms with E-state index in [1.54, 1.807) is 0 Å². The second-order valence-electron chi connectivity index (χ2n) is 6.18. The summed E-state index contributed by atoms with van der Waals surface area (Å²) in [5.74, 6) is 1.13. The van der Waals surface area contributed by atoms with Crippen molar-refractivity contribution in [3.05, 3.63) is 29.8 Å². The van der Waals surface area contributed by atoms with Crippen LogP contribution in [0.3, 0.4) is 0 Å². The van der Waals surface area contributed by atoms with Gasteiger partial charge in [-0.2, -0.15) is 0 Å². The van der Waals surface area contributed by atoms with Gasteiger partial charge in [0.1, 0.15) is 5.78 Å². The molecule has 0 heterocycles. The van der Waals surface area contributed by atoms with Gasteiger partial charge in [-0.25, -0.2) is 0 Å². The van der Waals surface area contributed by atoms with Crippen molar-refractivity contribution in [2.45, 2.75) is 64.2 Å². The minimum Gasteiger partial charge on any atom is -0.399 e. The van der Waals surface area contributed by atoms with E-state index in [0.29, 0.717) is 11.7 Å². The fraction of sp³-hybridized carbons (Fsp3) is 0.611. The summed E-state index contributed by atoms with van der Waals surface area (Å²) in [7, 11) is 0. The average molecular weight is 273 g/mol. The van der Waals surface area contributed by atoms with Crippen molar-refractivity contribution in [2.75, 3.05) is 5.73 Å². The van der Waals surface area contributed by atoms with E-state index in [4.69, 9.17) is 5.73 Å². The normalized spacial score (nSPS) is 17.9. The summed E-state index contributed by atoms with van der Waals surface area (Å²) in [4.78, 5) is 12.7. The number of anilines is 1. The van der Waals surface area contributed by atoms with Crippen LogP contribution in [0.1, 0.15) is 69.8 Å². The second-order valence-corrected chi connectivity index (χ2v) is 6.18. The van der Waals surface area contributed by atoms with E-state index in [0.717, 1.165) is 30.5 Å². The van der Waals surface area contributed by atoms with Gasteiger partial charge in [0.15, 0.2) is 0 Å². The van der Waals surface area contributed by atoms with Gasteiger partial charge < -0.3 is 5.73 Å². The molecule has 2 heteroatoms. The van der Waals surface area contributed by atoms with Crippen LogP contribution in [0.4, 0.5) is 5.69 Å². The quantitative estimate of drug-likeness (QED) is 0.764. The van der Waals surface area contributed by atoms with Gasteiger partial charge in [0.25, 0.3) is 0 Å². The van der Waals surface area contributed by atoms with E-state index >= 15 is 0 Å². The van der Waals surface area contributed by atoms with E-state index in [-0.39, 0.29) is 5.92 Å². The first-order valence-electron chi connectivity index (χ1n) is 8.09. The molecule has 0 bridgehead atoms. The molecule has 1 aromatic rings. The molecule has 1 aliphatic rings. The number of carbonyl (C=O) groups is 1. The maximum atomic E-state index is 12.7. The maximum absolute atomic E-state index is 12.7. The second kappa shape index (κ2) is 7.47. The molecule has 0 radical (unpaired) electrons. The van der Waals surface area contributed by atoms with E-state index in [1.165, 1.54) is 32.1 Å². The van der Waals surface area contributed by atoms with Crippen molar-refractivity contribution in [1.82, 2.24) is 0 Å². The third-order valence-electron chi connectivity index (χ3n) is 4.52. The van der Waals surface area contributed by atoms with E-state index in [1.807, 2.05) is 24.3 Å². The van der Waals surface area contributed by atoms with Crippen molar-refractivity contribution in [3.63, 3.8) is 0 Å². The van der Waals surface area contributed by atoms with E-state index in [2.05, 4.69) is 6.92 Å². The van der Waals surface area contributed by atoms with Gasteiger partial charge in [-0.3, -0.25) is 4.79 Å². The Morgan fingerprint density at radius 2 is 1.85 bits per heavy atom. The molecule has 1 atom stereocenters. The van der Waals surface area contributed by atoms with Crippen LogP contribution in [-0.2, 0) is 4.79 Å². The maximum Gasteiger partial charge on any atom is 0.140 e. The molecule has 0 saturated heterocycles. The molecule has 0 amide bonds. The minimum atomic E-state index is 0.0718. The lowest BCUT2D eigenvalue weighted by atomic mass is 9.81. The van der Waals surface area contributed by atoms with Gasteiger partial charge in [0.2, 0.25) is 0 Å². The topological polar surface area (TPSA) is 43.1 Å². The molecule has 110 valence electrons. The summed E-state index contributed by atoms with van der Waals surface area (Å²) in [6.45, 7) is 2.15. The lowest BCUT2D eigenvalue weighted by molar-refractivity contribution is -0.121. The molecule has 0 aromatic heterocycles. The largest absolute Gasteiger partial charge is 0.399 e. The fourth-order valence-electron chi connectivity index (χ4n) is 3.35. The minimum absolute atomic E-state index is 0.0718. The van der Waals surface area contributed by atoms with Crippen LogP contribution in [0.5, 0.6) is 0 Å². The molecule has 1 fully saturated rings. The zero-order valence-electron chi connectivity index (χ0n) is 12.6. The number of ketones is 1. The first-order chi connectivity index (χ1) is 9.70. The summed E-state index contributed by atoms with van der Waals surface area (Å²) in [6.07, 6.45) is 9.21. The number of hydrogen-bond donors (Lipinski definition) is 1. The highest BCUT2D eigenvalue weighted by Crippen LogP contribution is 2.31. The summed E-state index contributed by atoms with van der Waals surface area (Å²) in [5.41, 5.74) is 7.65. The van der Waals surface area contributed by atoms with Crippen molar-refractivity contribution >= 4 is 11.5 Å². The first kappa shape index (κ1) is 15.1. The molecule has 20 heavy (non-hydrogen) atoms. The molecule has 2 rings (SSSR count). The van der Waals surface area contributed by atoms with Crippen LogP contribution in [0.2, 0.25) is 0 Å². The summed E-state index contributed by atoms with van der Waals surface area (Å²) in [5, 5.41) is 0. The van der Waals surface area contributed by atoms with Crippen molar-refractivity contribution < 1.29 is 4.79 Å². The standard InChI is InChI=1S/C18H27NO/c1-2-6-17(15-9-11-16(19)12-10-15)18(20)13-14-7-4-3-5-8-14/h9-12,14,17H,2-8,13,19H2,1H3. The monoisotopic (exact) mass is 273 g/mol. The van der Waals surface area contributed by atoms with Crippen molar-refractivity contribution in [2.24, 2.45) is 5.92 Å². The van der Waals surface area contributed by atoms with Gasteiger partial charge in [-0.05, 0) is 30.0 Å². The van der Waals surface area contributed by atoms with Crippen LogP contribution in [-0.4, -0.2) is 5.78 Å². The lowest BCUT2D eigenvalue weighted by Crippen LogP contribution is -2.18. The Kier molecular flexibility index (Phi) is 5.63. The Hall–Kier alpha value is -1.31. The van der Waals surface area contributed by atoms with Gasteiger partial charge in [-0.1, -0.05) is 57.6 Å². The van der Waals surface area contributed by atoms with Crippen molar-refractivity contribution in [1.29, 1.82) is 0 Å². The zero-order valence-corrected chi connectivity index (χ0v) is 12.6. The van der Waals surface area contributed by atoms with Crippen LogP contribution in [0.25, 0.3) is 0 Å². The van der Waals surface area contributed by atoms with Gasteiger partial charge >= 0.3 is 0 Å². The summed E-state index contributed by atoms with van der Waals surface area (Å²) >= 11 is 0. The Balaban J connectivity index is 2.02. The van der Waals surface area contributed by atoms with E-state index < -0.39 is 0 Å². The lowest BCUT2D eigenvalue weighted by Gasteiger charge is -2.23. The first-order valence-corrected chi connectivity index (χ1v) is 8.09. The molecule has 0 aliphatic heterocycles. The van der Waals surface area contributed by atoms with Crippen molar-refractivity contribution in [3.8, 4) is 0 Å². The smallest absolute Gasteiger partial charge is 0.140 e. The Morgan fingerprint density at radius 1 is 1.20 bits per heavy atom. The highest BCUT2D eigenvalue weighted by atomic mass is 16.1. The molecule has 1 saturated carbocycles. The number of Topliss-reactive ketones (excluding diaryl/α,β-unsaturated/α-hetero) is 1. The summed E-state index contributed by atoms with van der Waals surface area (Å²) < 4.78 is 0. The molecule has 0 spiro atoms. The van der Waals surface area contributed by atoms with Crippen LogP contribution >= 0.6 is 0 Å². The SMILES string of the molecule is CCCC(C(=O)CC1CCCCC1)c1ccc(N)cc1. The van der Waals surface area contributed by atoms with E-state index in [9.17, 15) is 4.79 Å². The Labute approximate surface area is 122 Å². The average Bonchev–Trinajstić information content (AvgIpc) is 2.47. The third-order valence-corrected chi connectivity index (χ3v) is 4.52. The Bertz CT molecular complexity index is 418. The third kappa shape index (κ3) is 4.09. The number of nitrogens with two attached hydrogens (primary N) is 1. The number of nitrogen functional groups attached to an aromatic ring is 1. The predicted octanol–water partition coefficient (Wildman–Crippen LogP) is 4.69. The molecule has 1 aliphatic carbocycles. The molecule has 1 unspecified atom stereocenters. The van der Waals surface area contributed by atoms with Gasteiger partial charge in [-0.15, -0.1) is 0 Å². The zero-order chi connectivity index (χ0) is 14.4. The molecule has 2 N–H and O–H groups in total.